The highest BCUT2D eigenvalue weighted by molar-refractivity contribution is 7.95. The van der Waals surface area contributed by atoms with E-state index in [0.717, 1.165) is 0 Å². The smallest absolute Gasteiger partial charge is 0.540 e. The lowest BCUT2D eigenvalue weighted by atomic mass is 11.9. The predicted octanol–water partition coefficient (Wildman–Crippen LogP) is 2.81. The van der Waals surface area contributed by atoms with Gasteiger partial charge < -0.3 is 29.4 Å². The summed E-state index contributed by atoms with van der Waals surface area (Å²) in [6, 6.07) is 0. The van der Waals surface area contributed by atoms with Crippen LogP contribution < -0.4 is 29.4 Å². The van der Waals surface area contributed by atoms with E-state index in [1.807, 2.05) is 0 Å². The van der Waals surface area contributed by atoms with Gasteiger partial charge in [0.15, 0.2) is 0 Å². The maximum Gasteiger partial charge on any atom is 0.540 e. The molecule has 6 atom stereocenters. The molecule has 0 spiro atoms. The van der Waals surface area contributed by atoms with Crippen molar-refractivity contribution in [1.29, 1.82) is 0 Å². The highest BCUT2D eigenvalue weighted by Gasteiger charge is 1.83. The Kier molecular flexibility index (Phi) is 136. The van der Waals surface area contributed by atoms with Crippen molar-refractivity contribution in [1.82, 2.24) is 0 Å². The molecule has 0 saturated carbocycles. The van der Waals surface area contributed by atoms with Crippen LogP contribution in [-0.4, -0.2) is 113 Å². The second kappa shape index (κ2) is 78.2. The van der Waals surface area contributed by atoms with E-state index in [0.29, 0.717) is 65.4 Å². The third-order valence-electron chi connectivity index (χ3n) is 0. The first kappa shape index (κ1) is 83.2. The van der Waals surface area contributed by atoms with Gasteiger partial charge in [0.1, 0.15) is 0 Å². The van der Waals surface area contributed by atoms with Crippen LogP contribution in [0.5, 0.6) is 0 Å². The normalized spacial score (nSPS) is 10.0. The molecule has 0 aromatic rings. The minimum Gasteiger partial charge on any atom is -0.562 e. The van der Waals surface area contributed by atoms with Crippen molar-refractivity contribution in [2.24, 2.45) is 0 Å². The Morgan fingerprint density at radius 2 is 0.250 bits per heavy atom. The third-order valence-corrected chi connectivity index (χ3v) is 0. The second-order valence-electron chi connectivity index (χ2n) is 8.62. The van der Waals surface area contributed by atoms with Crippen LogP contribution in [0.3, 0.4) is 0 Å². The monoisotopic (exact) mass is 954 g/mol. The van der Waals surface area contributed by atoms with E-state index in [1.165, 1.54) is 0 Å². The molecule has 300 valence electrons. The number of hydrogen-bond donors (Lipinski definition) is 0. The highest BCUT2D eigenvalue weighted by atomic mass is 32.2. The molecule has 0 N–H and O–H groups in total. The molecule has 12 nitrogen and oxygen atoms in total. The van der Waals surface area contributed by atoms with Crippen LogP contribution in [0.4, 0.5) is 25.2 Å². The average Bonchev–Trinajstić information content (AvgIpc) is 2.61. The lowest BCUT2D eigenvalue weighted by Crippen LogP contribution is -1.84. The van der Waals surface area contributed by atoms with Gasteiger partial charge in [0.25, 0.3) is 0 Å². The van der Waals surface area contributed by atoms with Gasteiger partial charge in [-0.15, -0.1) is 0 Å². The van der Waals surface area contributed by atoms with Gasteiger partial charge in [0, 0.05) is 0 Å². The molecular formula is C18H54F6O12P6S6+6. The van der Waals surface area contributed by atoms with Crippen molar-refractivity contribution in [2.75, 3.05) is 113 Å². The number of halogens is 6. The Bertz CT molecular complexity index is 509. The molecule has 0 rings (SSSR count). The zero-order chi connectivity index (χ0) is 42.9. The van der Waals surface area contributed by atoms with Gasteiger partial charge in [-0.2, -0.15) is 0 Å². The fraction of sp³-hybridized carbons (Fsp3) is 1.00. The minimum absolute atomic E-state index is 0.639. The molecule has 0 heterocycles. The van der Waals surface area contributed by atoms with E-state index in [1.54, 1.807) is 0 Å². The van der Waals surface area contributed by atoms with E-state index < -0.39 is 50.0 Å². The van der Waals surface area contributed by atoms with Crippen LogP contribution in [-0.2, 0) is 92.8 Å². The van der Waals surface area contributed by atoms with Gasteiger partial charge in [0.05, 0.1) is 138 Å². The molecule has 0 aliphatic rings. The molecule has 0 radical (unpaired) electrons. The number of hydrogen-bond acceptors (Lipinski definition) is 12. The molecule has 0 aliphatic carbocycles. The topological polar surface area (TPSA) is 241 Å². The van der Waals surface area contributed by atoms with Gasteiger partial charge >= 0.3 is 50.0 Å². The van der Waals surface area contributed by atoms with E-state index >= 15 is 0 Å². The summed E-state index contributed by atoms with van der Waals surface area (Å²) in [5.41, 5.74) is 0. The maximum atomic E-state index is 9.95. The molecule has 0 aromatic carbocycles. The van der Waals surface area contributed by atoms with Crippen molar-refractivity contribution in [3.8, 4) is 0 Å². The van der Waals surface area contributed by atoms with Crippen molar-refractivity contribution >= 4 is 115 Å². The molecular weight excluding hydrogens is 900 g/mol. The Labute approximate surface area is 308 Å². The number of rotatable bonds is 0. The molecule has 0 aliphatic heterocycles. The zero-order valence-electron chi connectivity index (χ0n) is 30.3. The summed E-state index contributed by atoms with van der Waals surface area (Å²) in [6.07, 6.45) is 39.5. The van der Waals surface area contributed by atoms with E-state index in [4.69, 9.17) is 56.8 Å². The van der Waals surface area contributed by atoms with Gasteiger partial charge in [-0.1, -0.05) is 0 Å². The second-order valence-corrected chi connectivity index (χ2v) is 25.9. The molecule has 0 bridgehead atoms. The maximum absolute atomic E-state index is 9.95. The van der Waals surface area contributed by atoms with E-state index in [2.05, 4.69) is 113 Å². The lowest BCUT2D eigenvalue weighted by molar-refractivity contribution is -0.175. The Hall–Kier alpha value is 2.04. The zero-order valence-corrected chi connectivity index (χ0v) is 40.6. The van der Waals surface area contributed by atoms with Crippen molar-refractivity contribution in [3.05, 3.63) is 0 Å². The summed E-state index contributed by atoms with van der Waals surface area (Å²) in [5.74, 6) is 0. The van der Waals surface area contributed by atoms with Gasteiger partial charge in [0.2, 0.25) is 0 Å². The van der Waals surface area contributed by atoms with Crippen LogP contribution in [0, 0.1) is 0 Å². The molecule has 0 fully saturated rings. The first-order valence-electron chi connectivity index (χ1n) is 10.6. The summed E-state index contributed by atoms with van der Waals surface area (Å²) in [5, 5.41) is 0. The largest absolute Gasteiger partial charge is 0.562 e. The van der Waals surface area contributed by atoms with Crippen molar-refractivity contribution in [2.45, 2.75) is 0 Å². The first-order valence-corrected chi connectivity index (χ1v) is 31.7. The molecule has 0 aromatic heterocycles. The average molecular weight is 955 g/mol. The molecule has 48 heavy (non-hydrogen) atoms. The Morgan fingerprint density at radius 3 is 0.250 bits per heavy atom. The van der Waals surface area contributed by atoms with Crippen LogP contribution in [0.25, 0.3) is 0 Å². The van der Waals surface area contributed by atoms with Crippen molar-refractivity contribution in [3.63, 3.8) is 0 Å². The molecule has 6 unspecified atom stereocenters. The van der Waals surface area contributed by atoms with Gasteiger partial charge in [-0.05, 0) is 92.8 Å². The Balaban J connectivity index is -0.0000000295. The van der Waals surface area contributed by atoms with Crippen LogP contribution in [0.2, 0.25) is 0 Å². The van der Waals surface area contributed by atoms with Crippen LogP contribution in [0.1, 0.15) is 0 Å². The molecule has 30 heteroatoms. The third kappa shape index (κ3) is 25500. The fourth-order valence-corrected chi connectivity index (χ4v) is 0. The Morgan fingerprint density at radius 1 is 0.250 bits per heavy atom. The molecule has 0 amide bonds. The van der Waals surface area contributed by atoms with Gasteiger partial charge in [-0.3, -0.25) is 0 Å². The van der Waals surface area contributed by atoms with Gasteiger partial charge in [-0.25, -0.2) is 0 Å². The summed E-state index contributed by atoms with van der Waals surface area (Å²) in [4.78, 5) is 50.2. The molecule has 0 saturated heterocycles. The fourth-order valence-electron chi connectivity index (χ4n) is 0. The lowest BCUT2D eigenvalue weighted by Gasteiger charge is -1.69. The summed E-state index contributed by atoms with van der Waals surface area (Å²) < 4.78 is 110. The summed E-state index contributed by atoms with van der Waals surface area (Å²) in [6.45, 7) is 0. The SMILES string of the molecule is C[S+](C)C.C[S+](C)C.C[S+](C)C.C[S+](C)C.C[S+](C)C.C[S+](C)C.O=[P+]([O-])F.O=[P+]([O-])F.O=[P+]([O-])F.O=[P+]([O-])F.O=[P+]([O-])F.O=[P+]([O-])F. The van der Waals surface area contributed by atoms with Crippen LogP contribution in [0.15, 0.2) is 0 Å². The highest BCUT2D eigenvalue weighted by Crippen LogP contribution is 2.05. The minimum atomic E-state index is -3.62. The van der Waals surface area contributed by atoms with E-state index in [9.17, 15) is 25.2 Å². The standard InChI is InChI=1S/6C3H9S.6FO2P/c12*1-4(2)3/h6*1-3H3;;;;;;/q6*+1;;;;;;. The summed E-state index contributed by atoms with van der Waals surface area (Å²) in [7, 11) is -17.9. The summed E-state index contributed by atoms with van der Waals surface area (Å²) >= 11 is 0. The quantitative estimate of drug-likeness (QED) is 0.194. The first-order chi connectivity index (χ1) is 20.8. The van der Waals surface area contributed by atoms with E-state index in [-0.39, 0.29) is 0 Å². The van der Waals surface area contributed by atoms with Crippen molar-refractivity contribution < 1.29 is 81.9 Å². The van der Waals surface area contributed by atoms with Crippen LogP contribution >= 0.6 is 50.0 Å². The predicted molar refractivity (Wildman–Crippen MR) is 203 cm³/mol.